The Bertz CT molecular complexity index is 1350. The highest BCUT2D eigenvalue weighted by atomic mass is 32.2. The van der Waals surface area contributed by atoms with Gasteiger partial charge in [0.15, 0.2) is 0 Å². The largest absolute Gasteiger partial charge is 0.283 e. The summed E-state index contributed by atoms with van der Waals surface area (Å²) in [5.41, 5.74) is 3.70. The predicted octanol–water partition coefficient (Wildman–Crippen LogP) is 3.82. The Morgan fingerprint density at radius 1 is 0.938 bits per heavy atom. The molecule has 0 unspecified atom stereocenters. The highest BCUT2D eigenvalue weighted by Crippen LogP contribution is 2.28. The molecule has 0 bridgehead atoms. The molecule has 0 amide bonds. The highest BCUT2D eigenvalue weighted by Gasteiger charge is 2.28. The molecule has 3 aromatic rings. The molecule has 1 heterocycles. The van der Waals surface area contributed by atoms with Gasteiger partial charge in [-0.25, -0.2) is 21.2 Å². The SMILES string of the molecule is Cc1ccccc1CS(=O)(=O)Nc1ccc2c(c1)CN(S(=O)(=O)c1ccc(F)cc1)CC2. The number of nitrogens with one attached hydrogen (secondary N) is 1. The number of sulfonamides is 2. The van der Waals surface area contributed by atoms with E-state index in [2.05, 4.69) is 4.72 Å². The lowest BCUT2D eigenvalue weighted by molar-refractivity contribution is 0.391. The standard InChI is InChI=1S/C23H23FN2O4S2/c1-17-4-2-3-5-19(17)16-31(27,28)25-22-9-6-18-12-13-26(15-20(18)14-22)32(29,30)23-10-7-21(24)8-11-23/h2-11,14,25H,12-13,15-16H2,1H3. The van der Waals surface area contributed by atoms with E-state index in [4.69, 9.17) is 0 Å². The Morgan fingerprint density at radius 3 is 2.38 bits per heavy atom. The summed E-state index contributed by atoms with van der Waals surface area (Å²) in [6.45, 7) is 2.27. The van der Waals surface area contributed by atoms with Crippen molar-refractivity contribution >= 4 is 25.7 Å². The summed E-state index contributed by atoms with van der Waals surface area (Å²) in [6, 6.07) is 17.2. The third-order valence-corrected chi connectivity index (χ3v) is 8.61. The molecule has 0 aromatic heterocycles. The van der Waals surface area contributed by atoms with Crippen LogP contribution < -0.4 is 4.72 Å². The van der Waals surface area contributed by atoms with Gasteiger partial charge in [-0.1, -0.05) is 30.3 Å². The van der Waals surface area contributed by atoms with Gasteiger partial charge in [0.05, 0.1) is 10.6 Å². The fourth-order valence-corrected chi connectivity index (χ4v) is 6.46. The van der Waals surface area contributed by atoms with Crippen LogP contribution in [0.1, 0.15) is 22.3 Å². The summed E-state index contributed by atoms with van der Waals surface area (Å²) in [6.07, 6.45) is 0.506. The van der Waals surface area contributed by atoms with Crippen LogP contribution in [0.4, 0.5) is 10.1 Å². The molecule has 168 valence electrons. The highest BCUT2D eigenvalue weighted by molar-refractivity contribution is 7.92. The molecule has 0 fully saturated rings. The van der Waals surface area contributed by atoms with Crippen LogP contribution in [0.15, 0.2) is 71.6 Å². The van der Waals surface area contributed by atoms with Crippen molar-refractivity contribution in [3.05, 3.63) is 94.8 Å². The van der Waals surface area contributed by atoms with Crippen molar-refractivity contribution < 1.29 is 21.2 Å². The van der Waals surface area contributed by atoms with E-state index in [9.17, 15) is 21.2 Å². The van der Waals surface area contributed by atoms with Crippen molar-refractivity contribution in [3.8, 4) is 0 Å². The zero-order chi connectivity index (χ0) is 22.9. The van der Waals surface area contributed by atoms with Gasteiger partial charge in [-0.05, 0) is 72.0 Å². The van der Waals surface area contributed by atoms with Crippen molar-refractivity contribution in [2.24, 2.45) is 0 Å². The average Bonchev–Trinajstić information content (AvgIpc) is 2.75. The molecular formula is C23H23FN2O4S2. The summed E-state index contributed by atoms with van der Waals surface area (Å²) in [5.74, 6) is -0.655. The molecular weight excluding hydrogens is 451 g/mol. The first-order chi connectivity index (χ1) is 15.1. The van der Waals surface area contributed by atoms with Gasteiger partial charge in [-0.15, -0.1) is 0 Å². The number of fused-ring (bicyclic) bond motifs is 1. The third kappa shape index (κ3) is 4.85. The van der Waals surface area contributed by atoms with Crippen LogP contribution in [0.2, 0.25) is 0 Å². The second kappa shape index (κ2) is 8.65. The van der Waals surface area contributed by atoms with Gasteiger partial charge in [0.25, 0.3) is 0 Å². The summed E-state index contributed by atoms with van der Waals surface area (Å²) in [4.78, 5) is 0.0254. The lowest BCUT2D eigenvalue weighted by atomic mass is 10.0. The Balaban J connectivity index is 1.54. The second-order valence-electron chi connectivity index (χ2n) is 7.81. The van der Waals surface area contributed by atoms with Gasteiger partial charge < -0.3 is 0 Å². The van der Waals surface area contributed by atoms with Crippen molar-refractivity contribution in [2.75, 3.05) is 11.3 Å². The number of nitrogens with zero attached hydrogens (tertiary/aromatic N) is 1. The minimum Gasteiger partial charge on any atom is -0.283 e. The van der Waals surface area contributed by atoms with Crippen LogP contribution in [-0.2, 0) is 38.8 Å². The zero-order valence-corrected chi connectivity index (χ0v) is 19.1. The number of rotatable bonds is 6. The topological polar surface area (TPSA) is 83.6 Å². The van der Waals surface area contributed by atoms with Gasteiger partial charge in [0.1, 0.15) is 5.82 Å². The molecule has 0 atom stereocenters. The fourth-order valence-electron chi connectivity index (χ4n) is 3.75. The predicted molar refractivity (Wildman–Crippen MR) is 122 cm³/mol. The molecule has 3 aromatic carbocycles. The van der Waals surface area contributed by atoms with Gasteiger partial charge in [-0.3, -0.25) is 4.72 Å². The quantitative estimate of drug-likeness (QED) is 0.589. The summed E-state index contributed by atoms with van der Waals surface area (Å²) in [5, 5.41) is 0. The maximum Gasteiger partial charge on any atom is 0.243 e. The van der Waals surface area contributed by atoms with Crippen LogP contribution in [0.3, 0.4) is 0 Å². The number of hydrogen-bond donors (Lipinski definition) is 1. The van der Waals surface area contributed by atoms with Gasteiger partial charge in [0.2, 0.25) is 20.0 Å². The molecule has 6 nitrogen and oxygen atoms in total. The minimum absolute atomic E-state index is 0.0254. The Hall–Kier alpha value is -2.75. The molecule has 0 saturated heterocycles. The van der Waals surface area contributed by atoms with E-state index >= 15 is 0 Å². The Morgan fingerprint density at radius 2 is 1.66 bits per heavy atom. The van der Waals surface area contributed by atoms with Crippen LogP contribution in [0.5, 0.6) is 0 Å². The van der Waals surface area contributed by atoms with Gasteiger partial charge >= 0.3 is 0 Å². The molecule has 0 radical (unpaired) electrons. The number of halogens is 1. The molecule has 32 heavy (non-hydrogen) atoms. The van der Waals surface area contributed by atoms with E-state index in [0.29, 0.717) is 18.7 Å². The lowest BCUT2D eigenvalue weighted by Crippen LogP contribution is -2.36. The Labute approximate surface area is 187 Å². The van der Waals surface area contributed by atoms with Crippen molar-refractivity contribution in [1.82, 2.24) is 4.31 Å². The average molecular weight is 475 g/mol. The summed E-state index contributed by atoms with van der Waals surface area (Å²) < 4.78 is 68.4. The van der Waals surface area contributed by atoms with Crippen LogP contribution >= 0.6 is 0 Å². The fraction of sp³-hybridized carbons (Fsp3) is 0.217. The number of aryl methyl sites for hydroxylation is 1. The molecule has 0 spiro atoms. The van der Waals surface area contributed by atoms with E-state index < -0.39 is 25.9 Å². The molecule has 1 aliphatic rings. The van der Waals surface area contributed by atoms with Crippen LogP contribution in [0.25, 0.3) is 0 Å². The smallest absolute Gasteiger partial charge is 0.243 e. The second-order valence-corrected chi connectivity index (χ2v) is 11.5. The van der Waals surface area contributed by atoms with E-state index in [-0.39, 0.29) is 17.2 Å². The molecule has 9 heteroatoms. The molecule has 1 N–H and O–H groups in total. The maximum absolute atomic E-state index is 13.2. The number of anilines is 1. The third-order valence-electron chi connectivity index (χ3n) is 5.52. The van der Waals surface area contributed by atoms with E-state index in [1.807, 2.05) is 25.1 Å². The van der Waals surface area contributed by atoms with Crippen LogP contribution in [-0.4, -0.2) is 27.7 Å². The van der Waals surface area contributed by atoms with Crippen molar-refractivity contribution in [1.29, 1.82) is 0 Å². The van der Waals surface area contributed by atoms with Gasteiger partial charge in [0, 0.05) is 18.8 Å². The monoisotopic (exact) mass is 474 g/mol. The van der Waals surface area contributed by atoms with E-state index in [1.54, 1.807) is 24.3 Å². The minimum atomic E-state index is -3.79. The molecule has 0 saturated carbocycles. The van der Waals surface area contributed by atoms with Crippen molar-refractivity contribution in [2.45, 2.75) is 30.5 Å². The molecule has 0 aliphatic carbocycles. The first kappa shape index (κ1) is 22.4. The van der Waals surface area contributed by atoms with Crippen LogP contribution in [0, 0.1) is 12.7 Å². The summed E-state index contributed by atoms with van der Waals surface area (Å²) in [7, 11) is -7.43. The maximum atomic E-state index is 13.2. The zero-order valence-electron chi connectivity index (χ0n) is 17.5. The van der Waals surface area contributed by atoms with Gasteiger partial charge in [-0.2, -0.15) is 4.31 Å². The Kier molecular flexibility index (Phi) is 6.07. The number of benzene rings is 3. The first-order valence-corrected chi connectivity index (χ1v) is 13.2. The van der Waals surface area contributed by atoms with Crippen molar-refractivity contribution in [3.63, 3.8) is 0 Å². The first-order valence-electron chi connectivity index (χ1n) is 10.1. The summed E-state index contributed by atoms with van der Waals surface area (Å²) >= 11 is 0. The van der Waals surface area contributed by atoms with E-state index in [0.717, 1.165) is 34.4 Å². The normalized spacial score (nSPS) is 14.7. The molecule has 4 rings (SSSR count). The lowest BCUT2D eigenvalue weighted by Gasteiger charge is -2.28. The van der Waals surface area contributed by atoms with E-state index in [1.165, 1.54) is 16.4 Å². The molecule has 1 aliphatic heterocycles. The number of hydrogen-bond acceptors (Lipinski definition) is 4.